The summed E-state index contributed by atoms with van der Waals surface area (Å²) in [6.45, 7) is 4.83. The number of carbonyl (C=O) groups is 1. The number of urea groups is 1. The number of nitrogens with one attached hydrogen (secondary N) is 1. The number of rotatable bonds is 4. The maximum absolute atomic E-state index is 13.1. The van der Waals surface area contributed by atoms with Crippen molar-refractivity contribution in [2.75, 3.05) is 26.3 Å². The number of likely N-dealkylation sites (tertiary alicyclic amines) is 1. The summed E-state index contributed by atoms with van der Waals surface area (Å²) in [4.78, 5) is 15.1. The van der Waals surface area contributed by atoms with Crippen LogP contribution in [0.15, 0.2) is 42.5 Å². The third-order valence-corrected chi connectivity index (χ3v) is 6.61. The van der Waals surface area contributed by atoms with Gasteiger partial charge < -0.3 is 19.7 Å². The minimum absolute atomic E-state index is 0.0437. The first-order chi connectivity index (χ1) is 14.2. The average Bonchev–Trinajstić information content (AvgIpc) is 3.37. The smallest absolute Gasteiger partial charge is 0.317 e. The second kappa shape index (κ2) is 7.29. The fourth-order valence-corrected chi connectivity index (χ4v) is 4.83. The van der Waals surface area contributed by atoms with Crippen molar-refractivity contribution in [3.8, 4) is 11.5 Å². The second-order valence-corrected chi connectivity index (χ2v) is 8.51. The Morgan fingerprint density at radius 1 is 1.14 bits per heavy atom. The molecule has 3 aliphatic rings. The zero-order chi connectivity index (χ0) is 19.8. The third-order valence-electron chi connectivity index (χ3n) is 6.61. The highest BCUT2D eigenvalue weighted by Crippen LogP contribution is 2.49. The van der Waals surface area contributed by atoms with Gasteiger partial charge in [0, 0.05) is 18.5 Å². The second-order valence-electron chi connectivity index (χ2n) is 8.51. The molecule has 2 amide bonds. The molecule has 2 aromatic rings. The lowest BCUT2D eigenvalue weighted by atomic mass is 9.92. The minimum atomic E-state index is 0.0437. The van der Waals surface area contributed by atoms with Crippen molar-refractivity contribution in [3.63, 3.8) is 0 Å². The van der Waals surface area contributed by atoms with Crippen molar-refractivity contribution in [3.05, 3.63) is 59.2 Å². The first-order valence-electron chi connectivity index (χ1n) is 10.7. The van der Waals surface area contributed by atoms with Crippen LogP contribution >= 0.6 is 0 Å². The number of hydrogen-bond donors (Lipinski definition) is 1. The fourth-order valence-electron chi connectivity index (χ4n) is 4.83. The number of benzene rings is 2. The van der Waals surface area contributed by atoms with Gasteiger partial charge in [0.1, 0.15) is 13.2 Å². The Morgan fingerprint density at radius 3 is 2.72 bits per heavy atom. The number of hydrogen-bond acceptors (Lipinski definition) is 3. The van der Waals surface area contributed by atoms with Crippen molar-refractivity contribution in [1.82, 2.24) is 10.2 Å². The number of carbonyl (C=O) groups excluding carboxylic acids is 1. The highest BCUT2D eigenvalue weighted by molar-refractivity contribution is 5.75. The van der Waals surface area contributed by atoms with Gasteiger partial charge in [-0.05, 0) is 61.4 Å². The first kappa shape index (κ1) is 18.3. The number of fused-ring (bicyclic) bond motifs is 1. The molecule has 1 aliphatic carbocycles. The Hall–Kier alpha value is -2.69. The molecular weight excluding hydrogens is 364 g/mol. The monoisotopic (exact) mass is 392 g/mol. The summed E-state index contributed by atoms with van der Waals surface area (Å²) in [6.07, 6.45) is 4.29. The van der Waals surface area contributed by atoms with Gasteiger partial charge in [-0.15, -0.1) is 0 Å². The van der Waals surface area contributed by atoms with Crippen LogP contribution in [0.4, 0.5) is 4.79 Å². The summed E-state index contributed by atoms with van der Waals surface area (Å²) in [5.74, 6) is 1.58. The molecule has 0 bridgehead atoms. The molecule has 1 N–H and O–H groups in total. The van der Waals surface area contributed by atoms with E-state index in [-0.39, 0.29) is 17.5 Å². The topological polar surface area (TPSA) is 50.8 Å². The SMILES string of the molecule is Cc1ccccc1C1(CNC(=O)N2CCCC2c2ccc3c(c2)OCCO3)CC1. The summed E-state index contributed by atoms with van der Waals surface area (Å²) in [7, 11) is 0. The molecule has 2 aromatic carbocycles. The maximum Gasteiger partial charge on any atom is 0.317 e. The molecule has 5 rings (SSSR count). The van der Waals surface area contributed by atoms with Crippen LogP contribution in [0.1, 0.15) is 48.4 Å². The van der Waals surface area contributed by atoms with Gasteiger partial charge >= 0.3 is 6.03 Å². The molecule has 5 nitrogen and oxygen atoms in total. The molecule has 2 heterocycles. The Balaban J connectivity index is 1.28. The predicted octanol–water partition coefficient (Wildman–Crippen LogP) is 4.34. The van der Waals surface area contributed by atoms with E-state index in [4.69, 9.17) is 9.47 Å². The van der Waals surface area contributed by atoms with E-state index in [0.717, 1.165) is 49.3 Å². The standard InChI is InChI=1S/C24H28N2O3/c1-17-5-2-3-6-19(17)24(10-11-24)16-25-23(27)26-12-4-7-20(26)18-8-9-21-22(15-18)29-14-13-28-21/h2-3,5-6,8-9,15,20H,4,7,10-14,16H2,1H3,(H,25,27). The Morgan fingerprint density at radius 2 is 1.93 bits per heavy atom. The van der Waals surface area contributed by atoms with Crippen LogP contribution in [-0.4, -0.2) is 37.2 Å². The van der Waals surface area contributed by atoms with E-state index in [9.17, 15) is 4.79 Å². The summed E-state index contributed by atoms with van der Waals surface area (Å²) in [5, 5.41) is 3.25. The molecule has 29 heavy (non-hydrogen) atoms. The summed E-state index contributed by atoms with van der Waals surface area (Å²) < 4.78 is 11.4. The van der Waals surface area contributed by atoms with Crippen molar-refractivity contribution in [1.29, 1.82) is 0 Å². The molecule has 2 aliphatic heterocycles. The lowest BCUT2D eigenvalue weighted by molar-refractivity contribution is 0.170. The van der Waals surface area contributed by atoms with Gasteiger partial charge in [0.15, 0.2) is 11.5 Å². The fraction of sp³-hybridized carbons (Fsp3) is 0.458. The Kier molecular flexibility index (Phi) is 4.61. The molecule has 0 spiro atoms. The maximum atomic E-state index is 13.1. The third kappa shape index (κ3) is 3.43. The van der Waals surface area contributed by atoms with E-state index < -0.39 is 0 Å². The van der Waals surface area contributed by atoms with Gasteiger partial charge in [0.05, 0.1) is 6.04 Å². The largest absolute Gasteiger partial charge is 0.486 e. The van der Waals surface area contributed by atoms with E-state index in [1.807, 2.05) is 17.0 Å². The van der Waals surface area contributed by atoms with Gasteiger partial charge in [0.25, 0.3) is 0 Å². The number of ether oxygens (including phenoxy) is 2. The average molecular weight is 392 g/mol. The molecule has 1 saturated carbocycles. The minimum Gasteiger partial charge on any atom is -0.486 e. The Labute approximate surface area is 172 Å². The van der Waals surface area contributed by atoms with Gasteiger partial charge in [0.2, 0.25) is 0 Å². The van der Waals surface area contributed by atoms with E-state index in [2.05, 4.69) is 42.6 Å². The van der Waals surface area contributed by atoms with E-state index >= 15 is 0 Å². The zero-order valence-electron chi connectivity index (χ0n) is 16.9. The van der Waals surface area contributed by atoms with Crippen LogP contribution in [0.3, 0.4) is 0 Å². The van der Waals surface area contributed by atoms with E-state index in [0.29, 0.717) is 19.8 Å². The number of aryl methyl sites for hydroxylation is 1. The van der Waals surface area contributed by atoms with Crippen LogP contribution < -0.4 is 14.8 Å². The molecule has 1 unspecified atom stereocenters. The Bertz CT molecular complexity index is 922. The highest BCUT2D eigenvalue weighted by atomic mass is 16.6. The summed E-state index contributed by atoms with van der Waals surface area (Å²) in [6, 6.07) is 14.8. The molecule has 5 heteroatoms. The van der Waals surface area contributed by atoms with E-state index in [1.54, 1.807) is 0 Å². The molecule has 1 atom stereocenters. The van der Waals surface area contributed by atoms with E-state index in [1.165, 1.54) is 11.1 Å². The predicted molar refractivity (Wildman–Crippen MR) is 112 cm³/mol. The molecule has 0 radical (unpaired) electrons. The quantitative estimate of drug-likeness (QED) is 0.842. The van der Waals surface area contributed by atoms with Crippen LogP contribution in [0.25, 0.3) is 0 Å². The highest BCUT2D eigenvalue weighted by Gasteiger charge is 2.45. The summed E-state index contributed by atoms with van der Waals surface area (Å²) in [5.41, 5.74) is 3.94. The zero-order valence-corrected chi connectivity index (χ0v) is 16.9. The van der Waals surface area contributed by atoms with Crippen molar-refractivity contribution in [2.45, 2.75) is 44.1 Å². The molecule has 152 valence electrons. The lowest BCUT2D eigenvalue weighted by Crippen LogP contribution is -2.42. The molecular formula is C24H28N2O3. The number of nitrogens with zero attached hydrogens (tertiary/aromatic N) is 1. The van der Waals surface area contributed by atoms with Crippen molar-refractivity contribution < 1.29 is 14.3 Å². The first-order valence-corrected chi connectivity index (χ1v) is 10.7. The number of amides is 2. The van der Waals surface area contributed by atoms with Crippen LogP contribution in [0.5, 0.6) is 11.5 Å². The summed E-state index contributed by atoms with van der Waals surface area (Å²) >= 11 is 0. The van der Waals surface area contributed by atoms with Gasteiger partial charge in [-0.2, -0.15) is 0 Å². The van der Waals surface area contributed by atoms with Gasteiger partial charge in [-0.25, -0.2) is 4.79 Å². The van der Waals surface area contributed by atoms with Crippen molar-refractivity contribution in [2.24, 2.45) is 0 Å². The van der Waals surface area contributed by atoms with Gasteiger partial charge in [-0.3, -0.25) is 0 Å². The van der Waals surface area contributed by atoms with Crippen LogP contribution in [0.2, 0.25) is 0 Å². The molecule has 0 aromatic heterocycles. The van der Waals surface area contributed by atoms with Crippen LogP contribution in [0, 0.1) is 6.92 Å². The normalized spacial score (nSPS) is 21.7. The molecule has 1 saturated heterocycles. The van der Waals surface area contributed by atoms with Crippen LogP contribution in [-0.2, 0) is 5.41 Å². The molecule has 2 fully saturated rings. The lowest BCUT2D eigenvalue weighted by Gasteiger charge is -2.28. The van der Waals surface area contributed by atoms with Gasteiger partial charge in [-0.1, -0.05) is 30.3 Å². The van der Waals surface area contributed by atoms with Crippen molar-refractivity contribution >= 4 is 6.03 Å².